The Balaban J connectivity index is 1.76. The van der Waals surface area contributed by atoms with Gasteiger partial charge in [0.2, 0.25) is 0 Å². The number of allylic oxidation sites excluding steroid dienone is 1. The molecule has 31 heavy (non-hydrogen) atoms. The molecule has 0 radical (unpaired) electrons. The van der Waals surface area contributed by atoms with Gasteiger partial charge in [-0.3, -0.25) is 0 Å². The first kappa shape index (κ1) is 20.6. The molecule has 0 N–H and O–H groups in total. The summed E-state index contributed by atoms with van der Waals surface area (Å²) in [5.41, 5.74) is 7.64. The Morgan fingerprint density at radius 1 is 0.903 bits per heavy atom. The smallest absolute Gasteiger partial charge is 0.0998 e. The Morgan fingerprint density at radius 3 is 2.29 bits per heavy atom. The number of nitrogens with zero attached hydrogens (tertiary/aromatic N) is 1. The molecular weight excluding hydrogens is 374 g/mol. The van der Waals surface area contributed by atoms with Crippen LogP contribution in [0.5, 0.6) is 0 Å². The van der Waals surface area contributed by atoms with Crippen molar-refractivity contribution in [3.8, 4) is 17.2 Å². The Bertz CT molecular complexity index is 1300. The maximum atomic E-state index is 9.43. The maximum Gasteiger partial charge on any atom is 0.0998 e. The van der Waals surface area contributed by atoms with Gasteiger partial charge in [-0.15, -0.1) is 0 Å². The molecule has 0 bridgehead atoms. The van der Waals surface area contributed by atoms with Crippen LogP contribution in [0.3, 0.4) is 0 Å². The summed E-state index contributed by atoms with van der Waals surface area (Å²) >= 11 is 0. The molecule has 0 heterocycles. The topological polar surface area (TPSA) is 23.8 Å². The fourth-order valence-electron chi connectivity index (χ4n) is 4.61. The molecule has 1 heteroatoms. The van der Waals surface area contributed by atoms with Crippen molar-refractivity contribution in [1.82, 2.24) is 0 Å². The summed E-state index contributed by atoms with van der Waals surface area (Å²) in [6, 6.07) is 31.7. The van der Waals surface area contributed by atoms with Crippen molar-refractivity contribution in [3.05, 3.63) is 119 Å². The van der Waals surface area contributed by atoms with Gasteiger partial charge < -0.3 is 0 Å². The van der Waals surface area contributed by atoms with E-state index in [1.54, 1.807) is 0 Å². The Morgan fingerprint density at radius 2 is 1.58 bits per heavy atom. The van der Waals surface area contributed by atoms with Gasteiger partial charge >= 0.3 is 0 Å². The van der Waals surface area contributed by atoms with Crippen molar-refractivity contribution in [1.29, 1.82) is 5.26 Å². The van der Waals surface area contributed by atoms with E-state index in [9.17, 15) is 5.26 Å². The first-order valence-electron chi connectivity index (χ1n) is 10.7. The molecule has 1 atom stereocenters. The van der Waals surface area contributed by atoms with Crippen molar-refractivity contribution < 1.29 is 0 Å². The van der Waals surface area contributed by atoms with E-state index >= 15 is 0 Å². The molecule has 0 aromatic heterocycles. The third kappa shape index (κ3) is 3.78. The third-order valence-corrected chi connectivity index (χ3v) is 6.50. The molecule has 1 nitrogen and oxygen atoms in total. The molecule has 0 aliphatic heterocycles. The van der Waals surface area contributed by atoms with Crippen LogP contribution in [0.4, 0.5) is 0 Å². The van der Waals surface area contributed by atoms with E-state index in [2.05, 4.69) is 94.1 Å². The van der Waals surface area contributed by atoms with Crippen molar-refractivity contribution in [2.24, 2.45) is 0 Å². The predicted molar refractivity (Wildman–Crippen MR) is 131 cm³/mol. The lowest BCUT2D eigenvalue weighted by molar-refractivity contribution is 0.557. The zero-order valence-electron chi connectivity index (χ0n) is 18.4. The van der Waals surface area contributed by atoms with E-state index in [-0.39, 0.29) is 5.41 Å². The minimum Gasteiger partial charge on any atom is -0.192 e. The van der Waals surface area contributed by atoms with Gasteiger partial charge in [0.25, 0.3) is 0 Å². The molecule has 0 aliphatic rings. The summed E-state index contributed by atoms with van der Waals surface area (Å²) in [6.07, 6.45) is 0.872. The first-order valence-corrected chi connectivity index (χ1v) is 10.7. The molecule has 0 aliphatic carbocycles. The van der Waals surface area contributed by atoms with Gasteiger partial charge in [-0.25, -0.2) is 0 Å². The molecule has 152 valence electrons. The number of hydrogen-bond acceptors (Lipinski definition) is 1. The summed E-state index contributed by atoms with van der Waals surface area (Å²) in [6.45, 7) is 11.0. The summed E-state index contributed by atoms with van der Waals surface area (Å²) in [5.74, 6) is 0. The minimum absolute atomic E-state index is 0.184. The standard InChI is InChI=1S/C30H27N/c1-21(2)30(4,29-22(3)13-16-24-9-5-8-12-28(24)29)19-23-14-17-25(18-15-23)27-11-7-6-10-26(27)20-31/h5-18H,1,19H2,2-4H3. The Labute approximate surface area is 185 Å². The number of hydrogen-bond donors (Lipinski definition) is 0. The van der Waals surface area contributed by atoms with Crippen LogP contribution in [-0.2, 0) is 11.8 Å². The SMILES string of the molecule is C=C(C)C(C)(Cc1ccc(-c2ccccc2C#N)cc1)c1c(C)ccc2ccccc12. The Hall–Kier alpha value is -3.63. The van der Waals surface area contributed by atoms with Gasteiger partial charge in [0, 0.05) is 5.41 Å². The van der Waals surface area contributed by atoms with E-state index in [1.807, 2.05) is 24.3 Å². The second-order valence-electron chi connectivity index (χ2n) is 8.62. The molecule has 0 spiro atoms. The van der Waals surface area contributed by atoms with Crippen LogP contribution < -0.4 is 0 Å². The number of benzene rings is 4. The van der Waals surface area contributed by atoms with Crippen molar-refractivity contribution >= 4 is 10.8 Å². The van der Waals surface area contributed by atoms with Crippen LogP contribution >= 0.6 is 0 Å². The maximum absolute atomic E-state index is 9.43. The highest BCUT2D eigenvalue weighted by Gasteiger charge is 2.31. The van der Waals surface area contributed by atoms with Gasteiger partial charge in [-0.1, -0.05) is 97.9 Å². The molecule has 1 unspecified atom stereocenters. The highest BCUT2D eigenvalue weighted by Crippen LogP contribution is 2.40. The summed E-state index contributed by atoms with van der Waals surface area (Å²) in [7, 11) is 0. The van der Waals surface area contributed by atoms with E-state index in [4.69, 9.17) is 0 Å². The van der Waals surface area contributed by atoms with E-state index in [0.29, 0.717) is 5.56 Å². The molecule has 0 amide bonds. The van der Waals surface area contributed by atoms with Crippen LogP contribution in [0.25, 0.3) is 21.9 Å². The van der Waals surface area contributed by atoms with Gasteiger partial charge in [0.1, 0.15) is 0 Å². The van der Waals surface area contributed by atoms with Gasteiger partial charge in [-0.2, -0.15) is 5.26 Å². The Kier molecular flexibility index (Phi) is 5.49. The lowest BCUT2D eigenvalue weighted by Gasteiger charge is -2.34. The number of nitriles is 1. The highest BCUT2D eigenvalue weighted by molar-refractivity contribution is 5.88. The van der Waals surface area contributed by atoms with Crippen LogP contribution in [0.15, 0.2) is 97.1 Å². The molecule has 4 aromatic rings. The quantitative estimate of drug-likeness (QED) is 0.313. The lowest BCUT2D eigenvalue weighted by atomic mass is 9.69. The average molecular weight is 402 g/mol. The van der Waals surface area contributed by atoms with Crippen LogP contribution in [0, 0.1) is 18.3 Å². The third-order valence-electron chi connectivity index (χ3n) is 6.50. The molecule has 0 saturated heterocycles. The fourth-order valence-corrected chi connectivity index (χ4v) is 4.61. The highest BCUT2D eigenvalue weighted by atomic mass is 14.3. The van der Waals surface area contributed by atoms with E-state index in [0.717, 1.165) is 23.1 Å². The fraction of sp³-hybridized carbons (Fsp3) is 0.167. The normalized spacial score (nSPS) is 12.8. The minimum atomic E-state index is -0.184. The molecule has 0 fully saturated rings. The second-order valence-corrected chi connectivity index (χ2v) is 8.62. The average Bonchev–Trinajstić information content (AvgIpc) is 2.79. The van der Waals surface area contributed by atoms with E-state index < -0.39 is 0 Å². The zero-order valence-corrected chi connectivity index (χ0v) is 18.4. The number of fused-ring (bicyclic) bond motifs is 1. The zero-order chi connectivity index (χ0) is 22.0. The lowest BCUT2D eigenvalue weighted by Crippen LogP contribution is -2.27. The summed E-state index contributed by atoms with van der Waals surface area (Å²) < 4.78 is 0. The second kappa shape index (κ2) is 8.25. The predicted octanol–water partition coefficient (Wildman–Crippen LogP) is 7.76. The molecule has 4 aromatic carbocycles. The van der Waals surface area contributed by atoms with Crippen molar-refractivity contribution in [3.63, 3.8) is 0 Å². The van der Waals surface area contributed by atoms with Crippen LogP contribution in [-0.4, -0.2) is 0 Å². The molecule has 0 saturated carbocycles. The van der Waals surface area contributed by atoms with Crippen molar-refractivity contribution in [2.75, 3.05) is 0 Å². The molecular formula is C30H27N. The summed E-state index contributed by atoms with van der Waals surface area (Å²) in [5, 5.41) is 12.0. The van der Waals surface area contributed by atoms with Gasteiger partial charge in [0.05, 0.1) is 11.6 Å². The summed E-state index contributed by atoms with van der Waals surface area (Å²) in [4.78, 5) is 0. The van der Waals surface area contributed by atoms with Crippen LogP contribution in [0.2, 0.25) is 0 Å². The number of aryl methyl sites for hydroxylation is 1. The van der Waals surface area contributed by atoms with Crippen molar-refractivity contribution in [2.45, 2.75) is 32.6 Å². The largest absolute Gasteiger partial charge is 0.192 e. The van der Waals surface area contributed by atoms with Crippen LogP contribution in [0.1, 0.15) is 36.1 Å². The first-order chi connectivity index (χ1) is 14.9. The van der Waals surface area contributed by atoms with E-state index in [1.165, 1.54) is 27.5 Å². The monoisotopic (exact) mass is 401 g/mol. The van der Waals surface area contributed by atoms with Gasteiger partial charge in [-0.05, 0) is 64.9 Å². The van der Waals surface area contributed by atoms with Gasteiger partial charge in [0.15, 0.2) is 0 Å². The number of rotatable bonds is 5. The molecule has 4 rings (SSSR count).